The molecule has 2 N–H and O–H groups in total. The predicted molar refractivity (Wildman–Crippen MR) is 101 cm³/mol. The quantitative estimate of drug-likeness (QED) is 0.736. The molecule has 1 atom stereocenters. The normalized spacial score (nSPS) is 12.9. The number of hydrogen-bond acceptors (Lipinski definition) is 3. The Labute approximate surface area is 157 Å². The van der Waals surface area contributed by atoms with Crippen molar-refractivity contribution in [3.05, 3.63) is 64.7 Å². The summed E-state index contributed by atoms with van der Waals surface area (Å²) in [6, 6.07) is 14.4. The number of amides is 1. The van der Waals surface area contributed by atoms with Crippen molar-refractivity contribution in [1.29, 1.82) is 0 Å². The van der Waals surface area contributed by atoms with Crippen molar-refractivity contribution in [1.82, 2.24) is 5.32 Å². The second-order valence-electron chi connectivity index (χ2n) is 6.31. The van der Waals surface area contributed by atoms with E-state index in [4.69, 9.17) is 16.3 Å². The summed E-state index contributed by atoms with van der Waals surface area (Å²) < 4.78 is 5.20. The summed E-state index contributed by atoms with van der Waals surface area (Å²) >= 11 is 5.86. The maximum atomic E-state index is 12.4. The maximum absolute atomic E-state index is 12.4. The van der Waals surface area contributed by atoms with Gasteiger partial charge in [-0.25, -0.2) is 0 Å². The van der Waals surface area contributed by atoms with E-state index in [1.165, 1.54) is 0 Å². The molecule has 0 aliphatic carbocycles. The second kappa shape index (κ2) is 8.72. The van der Waals surface area contributed by atoms with E-state index in [0.717, 1.165) is 5.56 Å². The number of benzene rings is 2. The summed E-state index contributed by atoms with van der Waals surface area (Å²) in [7, 11) is 1.54. The number of carbonyl (C=O) groups is 2. The fourth-order valence-electron chi connectivity index (χ4n) is 2.77. The molecular weight excluding hydrogens is 354 g/mol. The van der Waals surface area contributed by atoms with Crippen molar-refractivity contribution in [3.8, 4) is 5.75 Å². The van der Waals surface area contributed by atoms with Gasteiger partial charge < -0.3 is 15.2 Å². The molecule has 5 nitrogen and oxygen atoms in total. The molecular formula is C20H22ClNO4. The molecule has 0 saturated heterocycles. The second-order valence-corrected chi connectivity index (χ2v) is 6.75. The molecule has 0 aliphatic rings. The van der Waals surface area contributed by atoms with Crippen LogP contribution in [0.2, 0.25) is 5.02 Å². The Bertz CT molecular complexity index is 776. The van der Waals surface area contributed by atoms with Gasteiger partial charge in [0.2, 0.25) is 5.91 Å². The van der Waals surface area contributed by atoms with Crippen LogP contribution in [-0.2, 0) is 21.5 Å². The fourth-order valence-corrected chi connectivity index (χ4v) is 2.89. The molecule has 138 valence electrons. The van der Waals surface area contributed by atoms with E-state index < -0.39 is 11.5 Å². The highest BCUT2D eigenvalue weighted by Gasteiger charge is 2.31. The Morgan fingerprint density at radius 2 is 1.88 bits per heavy atom. The Balaban J connectivity index is 2.11. The summed E-state index contributed by atoms with van der Waals surface area (Å²) in [6.07, 6.45) is 0.567. The van der Waals surface area contributed by atoms with Crippen molar-refractivity contribution < 1.29 is 19.4 Å². The lowest BCUT2D eigenvalue weighted by atomic mass is 9.88. The molecule has 0 heterocycles. The van der Waals surface area contributed by atoms with Crippen LogP contribution in [0.15, 0.2) is 48.5 Å². The van der Waals surface area contributed by atoms with Crippen LogP contribution >= 0.6 is 11.6 Å². The summed E-state index contributed by atoms with van der Waals surface area (Å²) in [5.74, 6) is -0.602. The standard InChI is InChI=1S/C20H22ClNO4/c1-20(13-19(24)25,15-4-3-5-17(12-15)26-2)22-18(23)11-8-14-6-9-16(21)10-7-14/h3-7,9-10,12H,8,11,13H2,1-2H3,(H,22,23)(H,24,25). The zero-order valence-corrected chi connectivity index (χ0v) is 15.5. The first-order valence-corrected chi connectivity index (χ1v) is 8.62. The molecule has 0 aliphatic heterocycles. The van der Waals surface area contributed by atoms with Crippen molar-refractivity contribution in [2.75, 3.05) is 7.11 Å². The predicted octanol–water partition coefficient (Wildman–Crippen LogP) is 3.79. The number of carboxylic acids is 1. The Morgan fingerprint density at radius 3 is 2.50 bits per heavy atom. The molecule has 0 spiro atoms. The number of nitrogens with one attached hydrogen (secondary N) is 1. The average Bonchev–Trinajstić information content (AvgIpc) is 2.60. The van der Waals surface area contributed by atoms with Gasteiger partial charge in [0.25, 0.3) is 0 Å². The third kappa shape index (κ3) is 5.49. The molecule has 0 bridgehead atoms. The van der Waals surface area contributed by atoms with Crippen LogP contribution in [0.3, 0.4) is 0 Å². The van der Waals surface area contributed by atoms with Gasteiger partial charge in [0.05, 0.1) is 19.1 Å². The topological polar surface area (TPSA) is 75.6 Å². The van der Waals surface area contributed by atoms with E-state index in [2.05, 4.69) is 5.32 Å². The van der Waals surface area contributed by atoms with Crippen molar-refractivity contribution in [3.63, 3.8) is 0 Å². The van der Waals surface area contributed by atoms with Crippen molar-refractivity contribution >= 4 is 23.5 Å². The highest BCUT2D eigenvalue weighted by molar-refractivity contribution is 6.30. The van der Waals surface area contributed by atoms with Crippen molar-refractivity contribution in [2.24, 2.45) is 0 Å². The number of hydrogen-bond donors (Lipinski definition) is 2. The molecule has 1 amide bonds. The Hall–Kier alpha value is -2.53. The van der Waals surface area contributed by atoms with Crippen molar-refractivity contribution in [2.45, 2.75) is 31.7 Å². The van der Waals surface area contributed by atoms with Gasteiger partial charge in [0.1, 0.15) is 5.75 Å². The van der Waals surface area contributed by atoms with E-state index in [1.54, 1.807) is 50.4 Å². The summed E-state index contributed by atoms with van der Waals surface area (Å²) in [5, 5.41) is 12.8. The molecule has 0 saturated carbocycles. The lowest BCUT2D eigenvalue weighted by Gasteiger charge is -2.30. The van der Waals surface area contributed by atoms with Gasteiger partial charge >= 0.3 is 5.97 Å². The zero-order chi connectivity index (χ0) is 19.2. The van der Waals surface area contributed by atoms with Gasteiger partial charge in [0, 0.05) is 11.4 Å². The highest BCUT2D eigenvalue weighted by Crippen LogP contribution is 2.28. The fraction of sp³-hybridized carbons (Fsp3) is 0.300. The minimum absolute atomic E-state index is 0.216. The lowest BCUT2D eigenvalue weighted by Crippen LogP contribution is -2.45. The number of aliphatic carboxylic acids is 1. The molecule has 1 unspecified atom stereocenters. The summed E-state index contributed by atoms with van der Waals surface area (Å²) in [6.45, 7) is 1.70. The van der Waals surface area contributed by atoms with E-state index in [-0.39, 0.29) is 18.7 Å². The summed E-state index contributed by atoms with van der Waals surface area (Å²) in [4.78, 5) is 23.8. The maximum Gasteiger partial charge on any atom is 0.306 e. The third-order valence-electron chi connectivity index (χ3n) is 4.18. The van der Waals surface area contributed by atoms with Gasteiger partial charge in [-0.15, -0.1) is 0 Å². The molecule has 0 radical (unpaired) electrons. The number of carboxylic acid groups (broad SMARTS) is 1. The number of rotatable bonds is 8. The first-order chi connectivity index (χ1) is 12.3. The lowest BCUT2D eigenvalue weighted by molar-refractivity contribution is -0.139. The molecule has 0 fully saturated rings. The van der Waals surface area contributed by atoms with Crippen LogP contribution in [0.1, 0.15) is 30.9 Å². The van der Waals surface area contributed by atoms with E-state index >= 15 is 0 Å². The molecule has 2 aromatic carbocycles. The smallest absolute Gasteiger partial charge is 0.306 e. The van der Waals surface area contributed by atoms with E-state index in [1.807, 2.05) is 12.1 Å². The summed E-state index contributed by atoms with van der Waals surface area (Å²) in [5.41, 5.74) is 0.641. The van der Waals surface area contributed by atoms with E-state index in [9.17, 15) is 14.7 Å². The minimum Gasteiger partial charge on any atom is -0.497 e. The minimum atomic E-state index is -1.03. The van der Waals surface area contributed by atoms with Gasteiger partial charge in [-0.1, -0.05) is 35.9 Å². The first kappa shape index (κ1) is 19.8. The van der Waals surface area contributed by atoms with Crippen LogP contribution < -0.4 is 10.1 Å². The van der Waals surface area contributed by atoms with Gasteiger partial charge in [-0.05, 0) is 48.7 Å². The van der Waals surface area contributed by atoms with Gasteiger partial charge in [0.15, 0.2) is 0 Å². The number of halogens is 1. The SMILES string of the molecule is COc1cccc(C(C)(CC(=O)O)NC(=O)CCc2ccc(Cl)cc2)c1. The van der Waals surface area contributed by atoms with Crippen LogP contribution in [0, 0.1) is 0 Å². The van der Waals surface area contributed by atoms with Gasteiger partial charge in [-0.2, -0.15) is 0 Å². The Kier molecular flexibility index (Phi) is 6.64. The largest absolute Gasteiger partial charge is 0.497 e. The van der Waals surface area contributed by atoms with Gasteiger partial charge in [-0.3, -0.25) is 9.59 Å². The third-order valence-corrected chi connectivity index (χ3v) is 4.43. The average molecular weight is 376 g/mol. The van der Waals surface area contributed by atoms with E-state index in [0.29, 0.717) is 22.8 Å². The zero-order valence-electron chi connectivity index (χ0n) is 14.8. The monoisotopic (exact) mass is 375 g/mol. The molecule has 6 heteroatoms. The van der Waals surface area contributed by atoms with Crippen LogP contribution in [0.5, 0.6) is 5.75 Å². The number of carbonyl (C=O) groups excluding carboxylic acids is 1. The molecule has 0 aromatic heterocycles. The first-order valence-electron chi connectivity index (χ1n) is 8.24. The highest BCUT2D eigenvalue weighted by atomic mass is 35.5. The molecule has 2 rings (SSSR count). The van der Waals surface area contributed by atoms with Crippen LogP contribution in [-0.4, -0.2) is 24.1 Å². The number of aryl methyl sites for hydroxylation is 1. The van der Waals surface area contributed by atoms with Crippen LogP contribution in [0.4, 0.5) is 0 Å². The Morgan fingerprint density at radius 1 is 1.19 bits per heavy atom. The number of ether oxygens (including phenoxy) is 1. The number of methoxy groups -OCH3 is 1. The van der Waals surface area contributed by atoms with Crippen LogP contribution in [0.25, 0.3) is 0 Å². The molecule has 2 aromatic rings. The molecule has 26 heavy (non-hydrogen) atoms.